The molecule has 2 aromatic rings. The van der Waals surface area contributed by atoms with Gasteiger partial charge in [-0.25, -0.2) is 9.78 Å². The lowest BCUT2D eigenvalue weighted by atomic mass is 10.2. The Morgan fingerprint density at radius 2 is 2.25 bits per heavy atom. The van der Waals surface area contributed by atoms with Crippen molar-refractivity contribution in [1.29, 1.82) is 0 Å². The predicted molar refractivity (Wildman–Crippen MR) is 88.2 cm³/mol. The fourth-order valence-electron chi connectivity index (χ4n) is 2.90. The molecule has 8 heteroatoms. The van der Waals surface area contributed by atoms with E-state index in [0.29, 0.717) is 37.5 Å². The number of morpholine rings is 1. The van der Waals surface area contributed by atoms with E-state index in [1.807, 2.05) is 13.8 Å². The van der Waals surface area contributed by atoms with E-state index in [0.717, 1.165) is 6.42 Å². The number of nitrogens with zero attached hydrogens (tertiary/aromatic N) is 3. The summed E-state index contributed by atoms with van der Waals surface area (Å²) in [6.07, 6.45) is 2.14. The van der Waals surface area contributed by atoms with Crippen LogP contribution in [-0.4, -0.2) is 51.1 Å². The number of fused-ring (bicyclic) bond motifs is 1. The first kappa shape index (κ1) is 16.4. The van der Waals surface area contributed by atoms with Gasteiger partial charge in [-0.05, 0) is 19.4 Å². The summed E-state index contributed by atoms with van der Waals surface area (Å²) in [5.41, 5.74) is -0.371. The maximum Gasteiger partial charge on any atom is 0.329 e. The summed E-state index contributed by atoms with van der Waals surface area (Å²) in [5.74, 6) is -0.188. The van der Waals surface area contributed by atoms with E-state index < -0.39 is 11.2 Å². The number of aromatic amines is 1. The number of aryl methyl sites for hydroxylation is 1. The molecule has 1 N–H and O–H groups in total. The number of carbonyl (C=O) groups excluding carboxylic acids is 1. The highest BCUT2D eigenvalue weighted by Gasteiger charge is 2.23. The van der Waals surface area contributed by atoms with Gasteiger partial charge in [0.2, 0.25) is 0 Å². The second-order valence-corrected chi connectivity index (χ2v) is 5.94. The number of amides is 1. The molecule has 1 aliphatic heterocycles. The zero-order valence-electron chi connectivity index (χ0n) is 13.7. The molecule has 128 valence electrons. The fourth-order valence-corrected chi connectivity index (χ4v) is 2.90. The molecule has 1 amide bonds. The summed E-state index contributed by atoms with van der Waals surface area (Å²) in [7, 11) is 0. The zero-order valence-corrected chi connectivity index (χ0v) is 13.7. The van der Waals surface area contributed by atoms with Crippen LogP contribution in [0.4, 0.5) is 0 Å². The lowest BCUT2D eigenvalue weighted by Gasteiger charge is -2.31. The minimum absolute atomic E-state index is 0.0192. The second kappa shape index (κ2) is 6.56. The molecule has 8 nitrogen and oxygen atoms in total. The molecule has 0 aliphatic carbocycles. The van der Waals surface area contributed by atoms with Crippen molar-refractivity contribution in [3.8, 4) is 0 Å². The molecule has 1 atom stereocenters. The molecule has 0 saturated carbocycles. The summed E-state index contributed by atoms with van der Waals surface area (Å²) in [6, 6.07) is 1.51. The third-order valence-electron chi connectivity index (χ3n) is 4.06. The molecule has 0 spiro atoms. The first-order valence-corrected chi connectivity index (χ1v) is 8.05. The Hall–Kier alpha value is -2.48. The third kappa shape index (κ3) is 2.96. The maximum absolute atomic E-state index is 12.6. The number of hydrogen-bond acceptors (Lipinski definition) is 5. The molecule has 1 aliphatic rings. The van der Waals surface area contributed by atoms with Crippen LogP contribution in [0, 0.1) is 0 Å². The third-order valence-corrected chi connectivity index (χ3v) is 4.06. The lowest BCUT2D eigenvalue weighted by molar-refractivity contribution is -0.0124. The SMILES string of the molecule is CCCn1c(=O)[nH]c(=O)c2cc(C(=O)N3CCO[C@H](C)C3)cnc21. The van der Waals surface area contributed by atoms with Crippen LogP contribution in [0.2, 0.25) is 0 Å². The van der Waals surface area contributed by atoms with Crippen molar-refractivity contribution in [2.75, 3.05) is 19.7 Å². The number of ether oxygens (including phenoxy) is 1. The molecule has 24 heavy (non-hydrogen) atoms. The molecule has 0 bridgehead atoms. The molecule has 2 aromatic heterocycles. The van der Waals surface area contributed by atoms with Gasteiger partial charge in [-0.15, -0.1) is 0 Å². The summed E-state index contributed by atoms with van der Waals surface area (Å²) >= 11 is 0. The number of carbonyl (C=O) groups is 1. The highest BCUT2D eigenvalue weighted by Crippen LogP contribution is 2.13. The summed E-state index contributed by atoms with van der Waals surface area (Å²) in [6.45, 7) is 5.79. The van der Waals surface area contributed by atoms with Crippen molar-refractivity contribution in [2.45, 2.75) is 32.9 Å². The number of rotatable bonds is 3. The van der Waals surface area contributed by atoms with Crippen molar-refractivity contribution in [3.05, 3.63) is 38.7 Å². The molecule has 0 radical (unpaired) electrons. The molecule has 0 aromatic carbocycles. The van der Waals surface area contributed by atoms with Gasteiger partial charge in [-0.3, -0.25) is 19.1 Å². The molecule has 0 unspecified atom stereocenters. The molecular formula is C16H20N4O4. The average Bonchev–Trinajstić information content (AvgIpc) is 2.57. The van der Waals surface area contributed by atoms with E-state index in [2.05, 4.69) is 9.97 Å². The van der Waals surface area contributed by atoms with Gasteiger partial charge in [-0.1, -0.05) is 6.92 Å². The highest BCUT2D eigenvalue weighted by molar-refractivity contribution is 5.96. The van der Waals surface area contributed by atoms with Crippen molar-refractivity contribution in [2.24, 2.45) is 0 Å². The van der Waals surface area contributed by atoms with Gasteiger partial charge in [0.25, 0.3) is 11.5 Å². The minimum atomic E-state index is -0.528. The van der Waals surface area contributed by atoms with Crippen LogP contribution in [0.3, 0.4) is 0 Å². The quantitative estimate of drug-likeness (QED) is 0.875. The Morgan fingerprint density at radius 3 is 2.96 bits per heavy atom. The van der Waals surface area contributed by atoms with Crippen molar-refractivity contribution in [3.63, 3.8) is 0 Å². The number of aromatic nitrogens is 3. The van der Waals surface area contributed by atoms with Crippen LogP contribution in [0.15, 0.2) is 21.9 Å². The fraction of sp³-hybridized carbons (Fsp3) is 0.500. The van der Waals surface area contributed by atoms with E-state index in [1.165, 1.54) is 16.8 Å². The standard InChI is InChI=1S/C16H20N4O4/c1-3-4-20-13-12(14(21)18-16(20)23)7-11(8-17-13)15(22)19-5-6-24-10(2)9-19/h7-8,10H,3-6,9H2,1-2H3,(H,18,21,23)/t10-/m1/s1. The number of nitrogens with one attached hydrogen (secondary N) is 1. The summed E-state index contributed by atoms with van der Waals surface area (Å²) in [4.78, 5) is 44.9. The Labute approximate surface area is 138 Å². The number of H-pyrrole nitrogens is 1. The first-order valence-electron chi connectivity index (χ1n) is 8.05. The normalized spacial score (nSPS) is 18.1. The summed E-state index contributed by atoms with van der Waals surface area (Å²) < 4.78 is 6.86. The smallest absolute Gasteiger partial charge is 0.329 e. The summed E-state index contributed by atoms with van der Waals surface area (Å²) in [5, 5.41) is 0.246. The van der Waals surface area contributed by atoms with Crippen LogP contribution in [0.25, 0.3) is 11.0 Å². The lowest BCUT2D eigenvalue weighted by Crippen LogP contribution is -2.44. The highest BCUT2D eigenvalue weighted by atomic mass is 16.5. The maximum atomic E-state index is 12.6. The van der Waals surface area contributed by atoms with Crippen LogP contribution in [0.1, 0.15) is 30.6 Å². The Morgan fingerprint density at radius 1 is 1.46 bits per heavy atom. The predicted octanol–water partition coefficient (Wildman–Crippen LogP) is 0.356. The molecule has 1 fully saturated rings. The minimum Gasteiger partial charge on any atom is -0.375 e. The van der Waals surface area contributed by atoms with Crippen LogP contribution >= 0.6 is 0 Å². The number of pyridine rings is 1. The van der Waals surface area contributed by atoms with Crippen molar-refractivity contribution < 1.29 is 9.53 Å². The topological polar surface area (TPSA) is 97.3 Å². The Kier molecular flexibility index (Phi) is 4.48. The van der Waals surface area contributed by atoms with E-state index in [4.69, 9.17) is 4.74 Å². The Bertz CT molecular complexity index is 886. The zero-order chi connectivity index (χ0) is 17.3. The average molecular weight is 332 g/mol. The van der Waals surface area contributed by atoms with Gasteiger partial charge in [0.15, 0.2) is 0 Å². The monoisotopic (exact) mass is 332 g/mol. The van der Waals surface area contributed by atoms with Gasteiger partial charge in [0.1, 0.15) is 5.65 Å². The van der Waals surface area contributed by atoms with Gasteiger partial charge >= 0.3 is 5.69 Å². The van der Waals surface area contributed by atoms with E-state index >= 15 is 0 Å². The Balaban J connectivity index is 2.04. The molecule has 3 rings (SSSR count). The molecule has 3 heterocycles. The van der Waals surface area contributed by atoms with Gasteiger partial charge in [-0.2, -0.15) is 0 Å². The van der Waals surface area contributed by atoms with Gasteiger partial charge in [0.05, 0.1) is 23.7 Å². The van der Waals surface area contributed by atoms with Crippen molar-refractivity contribution in [1.82, 2.24) is 19.4 Å². The van der Waals surface area contributed by atoms with E-state index in [1.54, 1.807) is 4.90 Å². The van der Waals surface area contributed by atoms with E-state index in [-0.39, 0.29) is 17.4 Å². The van der Waals surface area contributed by atoms with Crippen molar-refractivity contribution >= 4 is 16.9 Å². The van der Waals surface area contributed by atoms with E-state index in [9.17, 15) is 14.4 Å². The van der Waals surface area contributed by atoms with Crippen LogP contribution in [0.5, 0.6) is 0 Å². The van der Waals surface area contributed by atoms with Crippen LogP contribution in [-0.2, 0) is 11.3 Å². The van der Waals surface area contributed by atoms with Gasteiger partial charge < -0.3 is 9.64 Å². The molecule has 1 saturated heterocycles. The van der Waals surface area contributed by atoms with Crippen LogP contribution < -0.4 is 11.2 Å². The molecular weight excluding hydrogens is 312 g/mol. The second-order valence-electron chi connectivity index (χ2n) is 5.94. The largest absolute Gasteiger partial charge is 0.375 e. The first-order chi connectivity index (χ1) is 11.5. The number of hydrogen-bond donors (Lipinski definition) is 1. The van der Waals surface area contributed by atoms with Gasteiger partial charge in [0, 0.05) is 25.8 Å².